The minimum Gasteiger partial charge on any atom is -0.481 e. The number of carbonyl (C=O) groups excluding carboxylic acids is 1. The van der Waals surface area contributed by atoms with Gasteiger partial charge < -0.3 is 10.4 Å². The second-order valence-corrected chi connectivity index (χ2v) is 7.32. The molecule has 0 aliphatic heterocycles. The number of aromatic nitrogens is 1. The van der Waals surface area contributed by atoms with Gasteiger partial charge in [-0.05, 0) is 37.8 Å². The van der Waals surface area contributed by atoms with Crippen molar-refractivity contribution in [3.05, 3.63) is 45.4 Å². The molecule has 2 N–H and O–H groups in total. The zero-order valence-electron chi connectivity index (χ0n) is 13.1. The second-order valence-electron chi connectivity index (χ2n) is 5.03. The lowest BCUT2D eigenvalue weighted by atomic mass is 10.0. The number of hydrogen-bond donors (Lipinski definition) is 2. The Morgan fingerprint density at radius 2 is 1.96 bits per heavy atom. The van der Waals surface area contributed by atoms with E-state index in [9.17, 15) is 9.59 Å². The van der Waals surface area contributed by atoms with Crippen molar-refractivity contribution >= 4 is 35.0 Å². The predicted molar refractivity (Wildman–Crippen MR) is 92.3 cm³/mol. The fourth-order valence-corrected chi connectivity index (χ4v) is 3.45. The van der Waals surface area contributed by atoms with Crippen LogP contribution in [-0.4, -0.2) is 28.2 Å². The van der Waals surface area contributed by atoms with E-state index in [1.54, 1.807) is 11.8 Å². The lowest BCUT2D eigenvalue weighted by Gasteiger charge is -2.17. The quantitative estimate of drug-likeness (QED) is 0.780. The highest BCUT2D eigenvalue weighted by Gasteiger charge is 2.21. The molecule has 0 fully saturated rings. The molecule has 5 nitrogen and oxygen atoms in total. The number of nitrogens with one attached hydrogen (secondary N) is 1. The summed E-state index contributed by atoms with van der Waals surface area (Å²) in [5.41, 5.74) is 1.13. The second kappa shape index (κ2) is 7.61. The monoisotopic (exact) mass is 350 g/mol. The third kappa shape index (κ3) is 4.56. The number of rotatable bonds is 6. The minimum atomic E-state index is -0.963. The Bertz CT molecular complexity index is 711. The maximum Gasteiger partial charge on any atom is 0.305 e. The molecule has 7 heteroatoms. The summed E-state index contributed by atoms with van der Waals surface area (Å²) in [7, 11) is 0. The Balaban J connectivity index is 2.22. The van der Waals surface area contributed by atoms with Crippen molar-refractivity contribution in [3.63, 3.8) is 0 Å². The molecule has 1 heterocycles. The molecule has 0 saturated heterocycles. The van der Waals surface area contributed by atoms with Crippen LogP contribution in [0, 0.1) is 13.8 Å². The Labute approximate surface area is 143 Å². The molecular formula is C16H18N2O3S2. The summed E-state index contributed by atoms with van der Waals surface area (Å²) in [6.07, 6.45) is 1.80. The Kier molecular flexibility index (Phi) is 5.79. The standard InChI is InChI=1S/C16H18N2O3S2/c1-9-15(17-10(2)23-9)16(21)18-13(8-14(19)20)11-4-6-12(22-3)7-5-11/h4-7,13H,8H2,1-3H3,(H,18,21)(H,19,20). The zero-order chi connectivity index (χ0) is 17.0. The largest absolute Gasteiger partial charge is 0.481 e. The van der Waals surface area contributed by atoms with Crippen molar-refractivity contribution in [3.8, 4) is 0 Å². The highest BCUT2D eigenvalue weighted by molar-refractivity contribution is 7.98. The SMILES string of the molecule is CSc1ccc(C(CC(=O)O)NC(=O)c2nc(C)sc2C)cc1. The van der Waals surface area contributed by atoms with Crippen LogP contribution in [0.25, 0.3) is 0 Å². The van der Waals surface area contributed by atoms with Gasteiger partial charge in [-0.3, -0.25) is 9.59 Å². The fraction of sp³-hybridized carbons (Fsp3) is 0.312. The van der Waals surface area contributed by atoms with Crippen molar-refractivity contribution in [1.82, 2.24) is 10.3 Å². The van der Waals surface area contributed by atoms with Crippen molar-refractivity contribution in [2.24, 2.45) is 0 Å². The molecule has 1 aromatic heterocycles. The average molecular weight is 350 g/mol. The molecule has 23 heavy (non-hydrogen) atoms. The van der Waals surface area contributed by atoms with Crippen molar-refractivity contribution in [2.45, 2.75) is 31.2 Å². The van der Waals surface area contributed by atoms with Gasteiger partial charge in [-0.25, -0.2) is 4.98 Å². The number of benzene rings is 1. The Morgan fingerprint density at radius 3 is 2.43 bits per heavy atom. The molecule has 0 aliphatic rings. The predicted octanol–water partition coefficient (Wildman–Crippen LogP) is 3.43. The van der Waals surface area contributed by atoms with Gasteiger partial charge in [0.1, 0.15) is 5.69 Å². The first-order valence-corrected chi connectivity index (χ1v) is 9.05. The summed E-state index contributed by atoms with van der Waals surface area (Å²) in [6.45, 7) is 3.67. The lowest BCUT2D eigenvalue weighted by Crippen LogP contribution is -2.30. The fourth-order valence-electron chi connectivity index (χ4n) is 2.23. The van der Waals surface area contributed by atoms with Crippen LogP contribution in [0.5, 0.6) is 0 Å². The van der Waals surface area contributed by atoms with Crippen molar-refractivity contribution in [1.29, 1.82) is 0 Å². The highest BCUT2D eigenvalue weighted by atomic mass is 32.2. The summed E-state index contributed by atoms with van der Waals surface area (Å²) < 4.78 is 0. The number of carboxylic acids is 1. The maximum absolute atomic E-state index is 12.4. The van der Waals surface area contributed by atoms with Crippen LogP contribution in [-0.2, 0) is 4.79 Å². The van der Waals surface area contributed by atoms with Crippen LogP contribution in [0.3, 0.4) is 0 Å². The molecule has 122 valence electrons. The molecule has 0 spiro atoms. The lowest BCUT2D eigenvalue weighted by molar-refractivity contribution is -0.137. The first kappa shape index (κ1) is 17.5. The summed E-state index contributed by atoms with van der Waals surface area (Å²) >= 11 is 3.05. The molecule has 0 bridgehead atoms. The number of thioether (sulfide) groups is 1. The van der Waals surface area contributed by atoms with Crippen LogP contribution in [0.15, 0.2) is 29.2 Å². The third-order valence-electron chi connectivity index (χ3n) is 3.32. The normalized spacial score (nSPS) is 12.0. The number of aryl methyl sites for hydroxylation is 2. The molecule has 1 aromatic carbocycles. The average Bonchev–Trinajstić information content (AvgIpc) is 2.85. The van der Waals surface area contributed by atoms with E-state index in [0.29, 0.717) is 5.69 Å². The molecule has 1 atom stereocenters. The van der Waals surface area contributed by atoms with E-state index < -0.39 is 12.0 Å². The van der Waals surface area contributed by atoms with Crippen LogP contribution >= 0.6 is 23.1 Å². The molecule has 1 amide bonds. The molecule has 0 radical (unpaired) electrons. The van der Waals surface area contributed by atoms with Gasteiger partial charge >= 0.3 is 5.97 Å². The van der Waals surface area contributed by atoms with E-state index in [4.69, 9.17) is 5.11 Å². The Morgan fingerprint density at radius 1 is 1.30 bits per heavy atom. The highest BCUT2D eigenvalue weighted by Crippen LogP contribution is 2.23. The number of aliphatic carboxylic acids is 1. The van der Waals surface area contributed by atoms with Gasteiger partial charge in [-0.2, -0.15) is 0 Å². The zero-order valence-corrected chi connectivity index (χ0v) is 14.8. The first-order valence-electron chi connectivity index (χ1n) is 7.01. The van der Waals surface area contributed by atoms with E-state index in [1.165, 1.54) is 11.3 Å². The molecule has 0 aliphatic carbocycles. The molecular weight excluding hydrogens is 332 g/mol. The number of carbonyl (C=O) groups is 2. The van der Waals surface area contributed by atoms with Gasteiger partial charge in [0, 0.05) is 9.77 Å². The molecule has 2 aromatic rings. The first-order chi connectivity index (χ1) is 10.9. The number of amides is 1. The van der Waals surface area contributed by atoms with Gasteiger partial charge in [0.15, 0.2) is 0 Å². The summed E-state index contributed by atoms with van der Waals surface area (Å²) in [6, 6.07) is 6.94. The van der Waals surface area contributed by atoms with Crippen molar-refractivity contribution < 1.29 is 14.7 Å². The maximum atomic E-state index is 12.4. The van der Waals surface area contributed by atoms with Crippen molar-refractivity contribution in [2.75, 3.05) is 6.26 Å². The smallest absolute Gasteiger partial charge is 0.305 e. The van der Waals surface area contributed by atoms with E-state index in [0.717, 1.165) is 20.3 Å². The van der Waals surface area contributed by atoms with Crippen LogP contribution in [0.2, 0.25) is 0 Å². The van der Waals surface area contributed by atoms with Gasteiger partial charge in [0.05, 0.1) is 17.5 Å². The van der Waals surface area contributed by atoms with Gasteiger partial charge in [0.25, 0.3) is 5.91 Å². The van der Waals surface area contributed by atoms with Gasteiger partial charge in [-0.1, -0.05) is 12.1 Å². The summed E-state index contributed by atoms with van der Waals surface area (Å²) in [5, 5.41) is 12.7. The van der Waals surface area contributed by atoms with Crippen LogP contribution in [0.4, 0.5) is 0 Å². The summed E-state index contributed by atoms with van der Waals surface area (Å²) in [5.74, 6) is -1.30. The van der Waals surface area contributed by atoms with E-state index >= 15 is 0 Å². The molecule has 1 unspecified atom stereocenters. The van der Waals surface area contributed by atoms with Gasteiger partial charge in [-0.15, -0.1) is 23.1 Å². The molecule has 0 saturated carbocycles. The van der Waals surface area contributed by atoms with Crippen LogP contribution in [0.1, 0.15) is 38.4 Å². The van der Waals surface area contributed by atoms with E-state index in [2.05, 4.69) is 10.3 Å². The minimum absolute atomic E-state index is 0.174. The van der Waals surface area contributed by atoms with E-state index in [-0.39, 0.29) is 12.3 Å². The summed E-state index contributed by atoms with van der Waals surface area (Å²) in [4.78, 5) is 29.7. The number of hydrogen-bond acceptors (Lipinski definition) is 5. The topological polar surface area (TPSA) is 79.3 Å². The Hall–Kier alpha value is -1.86. The number of nitrogens with zero attached hydrogens (tertiary/aromatic N) is 1. The number of thiazole rings is 1. The third-order valence-corrected chi connectivity index (χ3v) is 4.95. The van der Waals surface area contributed by atoms with Crippen LogP contribution < -0.4 is 5.32 Å². The van der Waals surface area contributed by atoms with Gasteiger partial charge in [0.2, 0.25) is 0 Å². The number of carboxylic acid groups (broad SMARTS) is 1. The van der Waals surface area contributed by atoms with E-state index in [1.807, 2.05) is 44.4 Å². The molecule has 2 rings (SSSR count).